The van der Waals surface area contributed by atoms with Gasteiger partial charge in [-0.3, -0.25) is 4.98 Å². The van der Waals surface area contributed by atoms with Gasteiger partial charge >= 0.3 is 6.09 Å². The monoisotopic (exact) mass is 300 g/mol. The Bertz CT molecular complexity index is 419. The molecule has 0 saturated heterocycles. The lowest BCUT2D eigenvalue weighted by molar-refractivity contribution is 0.195. The topological polar surface area (TPSA) is 62.2 Å². The molecule has 0 aliphatic rings. The summed E-state index contributed by atoms with van der Waals surface area (Å²) in [5.74, 6) is 1.56. The first-order chi connectivity index (χ1) is 8.88. The molecule has 2 N–H and O–H groups in total. The summed E-state index contributed by atoms with van der Waals surface area (Å²) in [6, 6.07) is 4.04. The van der Waals surface area contributed by atoms with Crippen LogP contribution in [0.25, 0.3) is 0 Å². The van der Waals surface area contributed by atoms with Crippen molar-refractivity contribution < 1.29 is 9.90 Å². The van der Waals surface area contributed by atoms with Gasteiger partial charge in [-0.25, -0.2) is 4.79 Å². The second kappa shape index (κ2) is 7.65. The molecule has 19 heavy (non-hydrogen) atoms. The van der Waals surface area contributed by atoms with Crippen LogP contribution in [0.15, 0.2) is 23.2 Å². The minimum absolute atomic E-state index is 0.160. The summed E-state index contributed by atoms with van der Waals surface area (Å²) in [7, 11) is 0. The van der Waals surface area contributed by atoms with Gasteiger partial charge in [0.15, 0.2) is 0 Å². The summed E-state index contributed by atoms with van der Waals surface area (Å²) >= 11 is 3.50. The maximum Gasteiger partial charge on any atom is 0.404 e. The zero-order chi connectivity index (χ0) is 14.3. The normalized spacial score (nSPS) is 11.3. The van der Waals surface area contributed by atoms with Crippen molar-refractivity contribution in [2.24, 2.45) is 0 Å². The number of rotatable bonds is 6. The van der Waals surface area contributed by atoms with Crippen molar-refractivity contribution in [1.82, 2.24) is 10.3 Å². The molecule has 0 aliphatic heterocycles. The van der Waals surface area contributed by atoms with E-state index >= 15 is 0 Å². The van der Waals surface area contributed by atoms with Crippen molar-refractivity contribution in [3.05, 3.63) is 24.0 Å². The van der Waals surface area contributed by atoms with Crippen molar-refractivity contribution in [2.45, 2.75) is 36.2 Å². The molecule has 1 aromatic heterocycles. The molecule has 0 radical (unpaired) electrons. The largest absolute Gasteiger partial charge is 0.465 e. The Morgan fingerprint density at radius 1 is 1.47 bits per heavy atom. The van der Waals surface area contributed by atoms with E-state index in [1.54, 1.807) is 18.0 Å². The summed E-state index contributed by atoms with van der Waals surface area (Å²) in [5.41, 5.74) is 1.07. The Morgan fingerprint density at radius 2 is 2.21 bits per heavy atom. The van der Waals surface area contributed by atoms with E-state index < -0.39 is 6.09 Å². The highest BCUT2D eigenvalue weighted by Gasteiger charge is 2.15. The quantitative estimate of drug-likeness (QED) is 0.622. The summed E-state index contributed by atoms with van der Waals surface area (Å²) < 4.78 is 0.160. The summed E-state index contributed by atoms with van der Waals surface area (Å²) in [4.78, 5) is 15.9. The van der Waals surface area contributed by atoms with Crippen molar-refractivity contribution in [2.75, 3.05) is 12.3 Å². The highest BCUT2D eigenvalue weighted by atomic mass is 32.2. The molecule has 6 heteroatoms. The fourth-order valence-electron chi connectivity index (χ4n) is 1.35. The number of hydrogen-bond acceptors (Lipinski definition) is 4. The number of amides is 1. The third kappa shape index (κ3) is 7.32. The van der Waals surface area contributed by atoms with E-state index in [4.69, 9.17) is 5.11 Å². The zero-order valence-electron chi connectivity index (χ0n) is 11.5. The molecule has 1 rings (SSSR count). The van der Waals surface area contributed by atoms with E-state index in [0.717, 1.165) is 17.2 Å². The van der Waals surface area contributed by atoms with Gasteiger partial charge in [-0.1, -0.05) is 20.8 Å². The van der Waals surface area contributed by atoms with Crippen LogP contribution >= 0.6 is 23.5 Å². The molecule has 0 fully saturated rings. The number of hydrogen-bond donors (Lipinski definition) is 2. The molecule has 106 valence electrons. The number of pyridine rings is 1. The number of nitrogens with one attached hydrogen (secondary N) is 1. The van der Waals surface area contributed by atoms with Crippen LogP contribution in [-0.2, 0) is 5.75 Å². The highest BCUT2D eigenvalue weighted by Crippen LogP contribution is 2.34. The van der Waals surface area contributed by atoms with Crippen LogP contribution in [0.4, 0.5) is 4.79 Å². The lowest BCUT2D eigenvalue weighted by Gasteiger charge is -2.19. The Labute approximate surface area is 122 Å². The van der Waals surface area contributed by atoms with Gasteiger partial charge in [0.2, 0.25) is 0 Å². The molecule has 0 aromatic carbocycles. The van der Waals surface area contributed by atoms with Gasteiger partial charge < -0.3 is 10.4 Å². The van der Waals surface area contributed by atoms with E-state index in [2.05, 4.69) is 37.1 Å². The smallest absolute Gasteiger partial charge is 0.404 e. The fraction of sp³-hybridized carbons (Fsp3) is 0.538. The van der Waals surface area contributed by atoms with Crippen LogP contribution in [0.5, 0.6) is 0 Å². The maximum absolute atomic E-state index is 10.3. The standard InChI is InChI=1S/C13H20N2O2S2/c1-13(2,3)19-11-5-4-6-14-10(11)9-18-8-7-15-12(16)17/h4-6,15H,7-9H2,1-3H3,(H,16,17). The van der Waals surface area contributed by atoms with Gasteiger partial charge in [-0.05, 0) is 12.1 Å². The molecule has 0 atom stereocenters. The SMILES string of the molecule is CC(C)(C)Sc1cccnc1CSCCNC(=O)O. The van der Waals surface area contributed by atoms with Crippen LogP contribution in [-0.4, -0.2) is 33.2 Å². The van der Waals surface area contributed by atoms with E-state index in [0.29, 0.717) is 6.54 Å². The van der Waals surface area contributed by atoms with Crippen LogP contribution in [0, 0.1) is 0 Å². The maximum atomic E-state index is 10.3. The number of nitrogens with zero attached hydrogens (tertiary/aromatic N) is 1. The Morgan fingerprint density at radius 3 is 2.84 bits per heavy atom. The van der Waals surface area contributed by atoms with Crippen molar-refractivity contribution in [3.63, 3.8) is 0 Å². The lowest BCUT2D eigenvalue weighted by atomic mass is 10.3. The van der Waals surface area contributed by atoms with Gasteiger partial charge in [0, 0.05) is 33.9 Å². The Kier molecular flexibility index (Phi) is 6.51. The number of carbonyl (C=O) groups is 1. The zero-order valence-corrected chi connectivity index (χ0v) is 13.1. The van der Waals surface area contributed by atoms with Crippen molar-refractivity contribution >= 4 is 29.6 Å². The molecular weight excluding hydrogens is 280 g/mol. The predicted molar refractivity (Wildman–Crippen MR) is 82.0 cm³/mol. The molecule has 1 aromatic rings. The van der Waals surface area contributed by atoms with Gasteiger partial charge in [0.1, 0.15) is 0 Å². The Balaban J connectivity index is 2.47. The second-order valence-corrected chi connectivity index (χ2v) is 7.92. The number of carboxylic acid groups (broad SMARTS) is 1. The van der Waals surface area contributed by atoms with Gasteiger partial charge in [0.25, 0.3) is 0 Å². The second-order valence-electron chi connectivity index (χ2n) is 4.95. The summed E-state index contributed by atoms with van der Waals surface area (Å²) in [5, 5.41) is 10.8. The Hall–Kier alpha value is -0.880. The minimum Gasteiger partial charge on any atom is -0.465 e. The molecule has 0 bridgehead atoms. The average Bonchev–Trinajstić information content (AvgIpc) is 2.28. The van der Waals surface area contributed by atoms with Crippen LogP contribution in [0.2, 0.25) is 0 Å². The lowest BCUT2D eigenvalue weighted by Crippen LogP contribution is -2.23. The van der Waals surface area contributed by atoms with Gasteiger partial charge in [-0.15, -0.1) is 11.8 Å². The summed E-state index contributed by atoms with van der Waals surface area (Å²) in [6.45, 7) is 7.00. The predicted octanol–water partition coefficient (Wildman–Crippen LogP) is 3.47. The molecule has 4 nitrogen and oxygen atoms in total. The fourth-order valence-corrected chi connectivity index (χ4v) is 3.31. The van der Waals surface area contributed by atoms with E-state index in [1.807, 2.05) is 17.8 Å². The molecule has 0 aliphatic carbocycles. The van der Waals surface area contributed by atoms with Crippen LogP contribution < -0.4 is 5.32 Å². The van der Waals surface area contributed by atoms with Gasteiger partial charge in [-0.2, -0.15) is 11.8 Å². The van der Waals surface area contributed by atoms with Gasteiger partial charge in [0.05, 0.1) is 5.69 Å². The molecule has 0 unspecified atom stereocenters. The van der Waals surface area contributed by atoms with Crippen molar-refractivity contribution in [1.29, 1.82) is 0 Å². The molecule has 1 amide bonds. The van der Waals surface area contributed by atoms with Crippen LogP contribution in [0.3, 0.4) is 0 Å². The molecular formula is C13H20N2O2S2. The summed E-state index contributed by atoms with van der Waals surface area (Å²) in [6.07, 6.45) is 0.834. The highest BCUT2D eigenvalue weighted by molar-refractivity contribution is 8.01. The first-order valence-electron chi connectivity index (χ1n) is 6.06. The third-order valence-electron chi connectivity index (χ3n) is 2.03. The van der Waals surface area contributed by atoms with E-state index in [1.165, 1.54) is 4.90 Å². The van der Waals surface area contributed by atoms with Crippen LogP contribution in [0.1, 0.15) is 26.5 Å². The van der Waals surface area contributed by atoms with E-state index in [-0.39, 0.29) is 4.75 Å². The first kappa shape index (κ1) is 16.2. The minimum atomic E-state index is -0.970. The van der Waals surface area contributed by atoms with Crippen molar-refractivity contribution in [3.8, 4) is 0 Å². The molecule has 0 spiro atoms. The van der Waals surface area contributed by atoms with E-state index in [9.17, 15) is 4.79 Å². The first-order valence-corrected chi connectivity index (χ1v) is 8.03. The number of thioether (sulfide) groups is 2. The molecule has 1 heterocycles. The third-order valence-corrected chi connectivity index (χ3v) is 4.20. The number of aromatic nitrogens is 1. The molecule has 0 saturated carbocycles. The average molecular weight is 300 g/mol.